The number of carbonyl (C=O) groups excluding carboxylic acids is 1. The lowest BCUT2D eigenvalue weighted by Gasteiger charge is -2.11. The number of nitro benzene ring substituents is 1. The summed E-state index contributed by atoms with van der Waals surface area (Å²) in [4.78, 5) is 21.6. The highest BCUT2D eigenvalue weighted by Gasteiger charge is 2.23. The molecule has 1 aromatic rings. The highest BCUT2D eigenvalue weighted by Crippen LogP contribution is 2.41. The van der Waals surface area contributed by atoms with Crippen LogP contribution in [-0.2, 0) is 4.79 Å². The molecule has 0 atom stereocenters. The number of methoxy groups -OCH3 is 2. The number of benzene rings is 1. The average molecular weight is 403 g/mol. The molecule has 1 aliphatic rings. The Labute approximate surface area is 143 Å². The molecule has 0 bridgehead atoms. The number of amidine groups is 1. The molecule has 1 N–H and O–H groups in total. The summed E-state index contributed by atoms with van der Waals surface area (Å²) in [7, 11) is 2.79. The lowest BCUT2D eigenvalue weighted by Crippen LogP contribution is -2.19. The number of ether oxygens (including phenoxy) is 2. The van der Waals surface area contributed by atoms with Gasteiger partial charge in [-0.05, 0) is 15.9 Å². The third-order valence-corrected chi connectivity index (χ3v) is 4.44. The molecule has 1 heterocycles. The van der Waals surface area contributed by atoms with Gasteiger partial charge in [0.1, 0.15) is 4.47 Å². The first-order valence-corrected chi connectivity index (χ1v) is 7.88. The summed E-state index contributed by atoms with van der Waals surface area (Å²) >= 11 is 4.38. The maximum absolute atomic E-state index is 11.1. The number of thioether (sulfide) groups is 1. The molecule has 1 aliphatic heterocycles. The summed E-state index contributed by atoms with van der Waals surface area (Å²) < 4.78 is 10.5. The number of halogens is 1. The summed E-state index contributed by atoms with van der Waals surface area (Å²) in [6.45, 7) is 0. The van der Waals surface area contributed by atoms with Gasteiger partial charge in [-0.1, -0.05) is 11.8 Å². The van der Waals surface area contributed by atoms with Gasteiger partial charge in [0.15, 0.2) is 16.7 Å². The molecule has 0 radical (unpaired) electrons. The van der Waals surface area contributed by atoms with Crippen LogP contribution in [0.15, 0.2) is 20.7 Å². The van der Waals surface area contributed by atoms with Gasteiger partial charge >= 0.3 is 0 Å². The van der Waals surface area contributed by atoms with Crippen molar-refractivity contribution in [3.8, 4) is 11.5 Å². The van der Waals surface area contributed by atoms with Gasteiger partial charge < -0.3 is 14.8 Å². The van der Waals surface area contributed by atoms with E-state index < -0.39 is 4.92 Å². The van der Waals surface area contributed by atoms with Crippen molar-refractivity contribution in [1.82, 2.24) is 5.32 Å². The monoisotopic (exact) mass is 402 g/mol. The minimum absolute atomic E-state index is 0.153. The maximum Gasteiger partial charge on any atom is 0.288 e. The van der Waals surface area contributed by atoms with Gasteiger partial charge in [-0.25, -0.2) is 0 Å². The van der Waals surface area contributed by atoms with Crippen molar-refractivity contribution in [2.45, 2.75) is 0 Å². The molecule has 9 nitrogen and oxygen atoms in total. The quantitative estimate of drug-likeness (QED) is 0.456. The number of nitro groups is 1. The van der Waals surface area contributed by atoms with E-state index in [0.29, 0.717) is 10.7 Å². The Kier molecular flexibility index (Phi) is 5.55. The molecule has 23 heavy (non-hydrogen) atoms. The van der Waals surface area contributed by atoms with Crippen molar-refractivity contribution in [3.05, 3.63) is 26.2 Å². The summed E-state index contributed by atoms with van der Waals surface area (Å²) in [5.74, 6) is 0.600. The minimum atomic E-state index is -0.553. The molecule has 2 rings (SSSR count). The van der Waals surface area contributed by atoms with Crippen LogP contribution in [0.25, 0.3) is 0 Å². The van der Waals surface area contributed by atoms with Crippen molar-refractivity contribution in [2.24, 2.45) is 10.2 Å². The molecule has 122 valence electrons. The lowest BCUT2D eigenvalue weighted by molar-refractivity contribution is -0.385. The molecule has 0 unspecified atom stereocenters. The summed E-state index contributed by atoms with van der Waals surface area (Å²) in [6.07, 6.45) is 1.29. The molecule has 1 amide bonds. The van der Waals surface area contributed by atoms with Crippen molar-refractivity contribution < 1.29 is 19.2 Å². The predicted molar refractivity (Wildman–Crippen MR) is 89.5 cm³/mol. The molecule has 11 heteroatoms. The van der Waals surface area contributed by atoms with Crippen LogP contribution in [0.2, 0.25) is 0 Å². The molecule has 0 spiro atoms. The van der Waals surface area contributed by atoms with Crippen LogP contribution < -0.4 is 14.8 Å². The Morgan fingerprint density at radius 2 is 2.22 bits per heavy atom. The van der Waals surface area contributed by atoms with Gasteiger partial charge in [0.25, 0.3) is 5.69 Å². The summed E-state index contributed by atoms with van der Waals surface area (Å²) in [5, 5.41) is 21.7. The largest absolute Gasteiger partial charge is 0.493 e. The van der Waals surface area contributed by atoms with Crippen molar-refractivity contribution in [3.63, 3.8) is 0 Å². The van der Waals surface area contributed by atoms with Crippen molar-refractivity contribution >= 4 is 50.7 Å². The number of amides is 1. The van der Waals surface area contributed by atoms with Crippen LogP contribution >= 0.6 is 27.7 Å². The van der Waals surface area contributed by atoms with E-state index in [4.69, 9.17) is 9.47 Å². The summed E-state index contributed by atoms with van der Waals surface area (Å²) in [6, 6.07) is 1.25. The minimum Gasteiger partial charge on any atom is -0.493 e. The van der Waals surface area contributed by atoms with E-state index in [0.717, 1.165) is 0 Å². The second kappa shape index (κ2) is 7.42. The van der Waals surface area contributed by atoms with Crippen molar-refractivity contribution in [1.29, 1.82) is 0 Å². The number of carbonyl (C=O) groups is 1. The Morgan fingerprint density at radius 3 is 2.74 bits per heavy atom. The Hall–Kier alpha value is -2.14. The van der Waals surface area contributed by atoms with E-state index in [1.807, 2.05) is 0 Å². The standard InChI is InChI=1S/C12H11BrN4O5S/c1-21-8-3-7(17(19)20)10(13)6(11(8)22-2)4-14-16-12-15-9(18)5-23-12/h3-4H,5H2,1-2H3,(H,15,16,18). The fourth-order valence-corrected chi connectivity index (χ4v) is 2.92. The Balaban J connectivity index is 2.45. The second-order valence-corrected chi connectivity index (χ2v) is 5.86. The van der Waals surface area contributed by atoms with Crippen LogP contribution in [0.1, 0.15) is 5.56 Å². The topological polar surface area (TPSA) is 115 Å². The van der Waals surface area contributed by atoms with Crippen LogP contribution in [-0.4, -0.2) is 42.2 Å². The molecule has 1 aromatic carbocycles. The van der Waals surface area contributed by atoms with Gasteiger partial charge in [-0.2, -0.15) is 5.10 Å². The molecule has 0 aliphatic carbocycles. The number of rotatable bonds is 5. The van der Waals surface area contributed by atoms with Gasteiger partial charge in [0.05, 0.1) is 42.7 Å². The molecule has 0 saturated carbocycles. The maximum atomic E-state index is 11.1. The third kappa shape index (κ3) is 3.79. The van der Waals surface area contributed by atoms with Crippen LogP contribution in [0.5, 0.6) is 11.5 Å². The Bertz CT molecular complexity index is 722. The first kappa shape index (κ1) is 17.2. The normalized spacial score (nSPS) is 16.0. The predicted octanol–water partition coefficient (Wildman–Crippen LogP) is 1.93. The number of nitrogens with one attached hydrogen (secondary N) is 1. The fourth-order valence-electron chi connectivity index (χ4n) is 1.75. The summed E-state index contributed by atoms with van der Waals surface area (Å²) in [5.41, 5.74) is 0.109. The first-order valence-electron chi connectivity index (χ1n) is 6.10. The smallest absolute Gasteiger partial charge is 0.288 e. The number of hydrogen-bond acceptors (Lipinski definition) is 8. The highest BCUT2D eigenvalue weighted by molar-refractivity contribution is 9.10. The van der Waals surface area contributed by atoms with Gasteiger partial charge in [-0.3, -0.25) is 14.9 Å². The zero-order valence-corrected chi connectivity index (χ0v) is 14.4. The zero-order valence-electron chi connectivity index (χ0n) is 12.0. The third-order valence-electron chi connectivity index (χ3n) is 2.74. The Morgan fingerprint density at radius 1 is 1.48 bits per heavy atom. The van der Waals surface area contributed by atoms with Crippen LogP contribution in [0.3, 0.4) is 0 Å². The molecular formula is C12H11BrN4O5S. The molecule has 1 saturated heterocycles. The lowest BCUT2D eigenvalue weighted by atomic mass is 10.1. The zero-order chi connectivity index (χ0) is 17.0. The van der Waals surface area contributed by atoms with E-state index in [2.05, 4.69) is 31.4 Å². The van der Waals surface area contributed by atoms with E-state index in [1.54, 1.807) is 0 Å². The van der Waals surface area contributed by atoms with Gasteiger partial charge in [0.2, 0.25) is 5.91 Å². The van der Waals surface area contributed by atoms with Crippen LogP contribution in [0.4, 0.5) is 5.69 Å². The van der Waals surface area contributed by atoms with E-state index >= 15 is 0 Å². The van der Waals surface area contributed by atoms with Gasteiger partial charge in [-0.15, -0.1) is 5.10 Å². The first-order chi connectivity index (χ1) is 11.0. The number of nitrogens with zero attached hydrogens (tertiary/aromatic N) is 3. The highest BCUT2D eigenvalue weighted by atomic mass is 79.9. The second-order valence-electron chi connectivity index (χ2n) is 4.10. The molecule has 0 aromatic heterocycles. The van der Waals surface area contributed by atoms with E-state index in [-0.39, 0.29) is 33.3 Å². The van der Waals surface area contributed by atoms with E-state index in [9.17, 15) is 14.9 Å². The van der Waals surface area contributed by atoms with Crippen molar-refractivity contribution in [2.75, 3.05) is 20.0 Å². The van der Waals surface area contributed by atoms with E-state index in [1.165, 1.54) is 38.3 Å². The SMILES string of the molecule is COc1cc([N+](=O)[O-])c(Br)c(C=NN=C2NC(=O)CS2)c1OC. The molecular weight excluding hydrogens is 392 g/mol. The van der Waals surface area contributed by atoms with Gasteiger partial charge in [0, 0.05) is 0 Å². The number of hydrogen-bond donors (Lipinski definition) is 1. The van der Waals surface area contributed by atoms with Crippen LogP contribution in [0, 0.1) is 10.1 Å². The average Bonchev–Trinajstić information content (AvgIpc) is 2.93. The molecule has 1 fully saturated rings. The fraction of sp³-hybridized carbons (Fsp3) is 0.250.